The van der Waals surface area contributed by atoms with Crippen LogP contribution in [0.5, 0.6) is 5.88 Å². The Morgan fingerprint density at radius 2 is 1.90 bits per heavy atom. The van der Waals surface area contributed by atoms with E-state index in [0.29, 0.717) is 12.2 Å². The highest BCUT2D eigenvalue weighted by Gasteiger charge is 2.35. The van der Waals surface area contributed by atoms with E-state index in [-0.39, 0.29) is 23.6 Å². The quantitative estimate of drug-likeness (QED) is 0.590. The summed E-state index contributed by atoms with van der Waals surface area (Å²) in [7, 11) is 4.29. The monoisotopic (exact) mass is 404 g/mol. The number of ether oxygens (including phenoxy) is 1. The van der Waals surface area contributed by atoms with Crippen LogP contribution in [0.2, 0.25) is 0 Å². The fraction of sp³-hybridized carbons (Fsp3) is 0.500. The van der Waals surface area contributed by atoms with Crippen molar-refractivity contribution in [2.45, 2.75) is 46.6 Å². The SMILES string of the molecule is C/C=C(OC)\C(CC)=C(/C)C1CC(c2c(O)n(C)c(=O)n(C)c2=O)=NN1C(C)=O. The summed E-state index contributed by atoms with van der Waals surface area (Å²) in [6.45, 7) is 7.15. The van der Waals surface area contributed by atoms with E-state index >= 15 is 0 Å². The Hall–Kier alpha value is -3.10. The topological polar surface area (TPSA) is 106 Å². The molecule has 0 radical (unpaired) electrons. The van der Waals surface area contributed by atoms with Crippen LogP contribution in [0.25, 0.3) is 0 Å². The van der Waals surface area contributed by atoms with Crippen molar-refractivity contribution in [3.05, 3.63) is 49.4 Å². The average Bonchev–Trinajstić information content (AvgIpc) is 3.13. The standard InChI is InChI=1S/C20H28N4O5/c1-8-13(16(9-2)29-7)11(3)15-10-14(21-24(15)12(4)25)17-18(26)22(5)20(28)23(6)19(17)27/h9,15,26H,8,10H2,1-7H3/b13-11+,16-9+. The molecule has 1 aliphatic rings. The highest BCUT2D eigenvalue weighted by atomic mass is 16.5. The molecule has 0 aromatic carbocycles. The zero-order chi connectivity index (χ0) is 22.0. The van der Waals surface area contributed by atoms with Crippen molar-refractivity contribution in [1.29, 1.82) is 0 Å². The Morgan fingerprint density at radius 3 is 2.38 bits per heavy atom. The van der Waals surface area contributed by atoms with Gasteiger partial charge in [0.05, 0.1) is 18.9 Å². The van der Waals surface area contributed by atoms with Gasteiger partial charge in [-0.1, -0.05) is 6.92 Å². The normalized spacial score (nSPS) is 17.9. The maximum absolute atomic E-state index is 12.7. The van der Waals surface area contributed by atoms with Gasteiger partial charge in [0.25, 0.3) is 5.56 Å². The molecule has 1 atom stereocenters. The average molecular weight is 404 g/mol. The number of carbonyl (C=O) groups excluding carboxylic acids is 1. The molecule has 9 nitrogen and oxygen atoms in total. The van der Waals surface area contributed by atoms with Gasteiger partial charge in [-0.25, -0.2) is 9.80 Å². The second-order valence-corrected chi connectivity index (χ2v) is 6.91. The first kappa shape index (κ1) is 22.2. The minimum Gasteiger partial charge on any atom is -0.497 e. The van der Waals surface area contributed by atoms with Crippen molar-refractivity contribution in [2.75, 3.05) is 7.11 Å². The lowest BCUT2D eigenvalue weighted by Gasteiger charge is -2.24. The van der Waals surface area contributed by atoms with Crippen LogP contribution >= 0.6 is 0 Å². The summed E-state index contributed by atoms with van der Waals surface area (Å²) < 4.78 is 7.34. The van der Waals surface area contributed by atoms with Gasteiger partial charge in [0.15, 0.2) is 0 Å². The number of amides is 1. The molecular weight excluding hydrogens is 376 g/mol. The number of hydrogen-bond donors (Lipinski definition) is 1. The van der Waals surface area contributed by atoms with Crippen LogP contribution in [0.4, 0.5) is 0 Å². The number of hydrazone groups is 1. The number of allylic oxidation sites excluding steroid dienone is 2. The zero-order valence-corrected chi connectivity index (χ0v) is 17.9. The summed E-state index contributed by atoms with van der Waals surface area (Å²) in [5.41, 5.74) is 0.715. The molecule has 1 aliphatic heterocycles. The Balaban J connectivity index is 2.66. The summed E-state index contributed by atoms with van der Waals surface area (Å²) >= 11 is 0. The van der Waals surface area contributed by atoms with Gasteiger partial charge in [-0.05, 0) is 37.5 Å². The van der Waals surface area contributed by atoms with Crippen LogP contribution < -0.4 is 11.2 Å². The lowest BCUT2D eigenvalue weighted by Crippen LogP contribution is -2.40. The number of hydrogen-bond acceptors (Lipinski definition) is 6. The first-order chi connectivity index (χ1) is 13.6. The van der Waals surface area contributed by atoms with Crippen LogP contribution in [0.15, 0.2) is 37.7 Å². The van der Waals surface area contributed by atoms with Crippen molar-refractivity contribution in [3.8, 4) is 5.88 Å². The fourth-order valence-electron chi connectivity index (χ4n) is 3.64. The van der Waals surface area contributed by atoms with Crippen LogP contribution in [-0.2, 0) is 23.6 Å². The zero-order valence-electron chi connectivity index (χ0n) is 17.9. The predicted octanol–water partition coefficient (Wildman–Crippen LogP) is 1.39. The first-order valence-electron chi connectivity index (χ1n) is 9.37. The maximum Gasteiger partial charge on any atom is 0.333 e. The van der Waals surface area contributed by atoms with E-state index < -0.39 is 23.2 Å². The number of nitrogens with zero attached hydrogens (tertiary/aromatic N) is 4. The summed E-state index contributed by atoms with van der Waals surface area (Å²) in [5, 5.41) is 16.1. The molecule has 29 heavy (non-hydrogen) atoms. The Morgan fingerprint density at radius 1 is 1.28 bits per heavy atom. The third-order valence-corrected chi connectivity index (χ3v) is 5.26. The molecule has 0 saturated heterocycles. The molecule has 158 valence electrons. The van der Waals surface area contributed by atoms with Crippen LogP contribution in [-0.4, -0.2) is 44.0 Å². The molecule has 1 aromatic rings. The molecule has 2 heterocycles. The molecular formula is C20H28N4O5. The van der Waals surface area contributed by atoms with Crippen molar-refractivity contribution in [3.63, 3.8) is 0 Å². The minimum atomic E-state index is -0.656. The van der Waals surface area contributed by atoms with E-state index in [0.717, 1.165) is 20.3 Å². The minimum absolute atomic E-state index is 0.0767. The molecule has 0 spiro atoms. The molecule has 0 saturated carbocycles. The van der Waals surface area contributed by atoms with E-state index in [1.807, 2.05) is 26.8 Å². The Kier molecular flexibility index (Phi) is 6.51. The molecule has 0 fully saturated rings. The molecule has 1 N–H and O–H groups in total. The van der Waals surface area contributed by atoms with Crippen LogP contribution in [0.3, 0.4) is 0 Å². The second kappa shape index (κ2) is 8.50. The van der Waals surface area contributed by atoms with Gasteiger partial charge in [0.2, 0.25) is 11.8 Å². The highest BCUT2D eigenvalue weighted by molar-refractivity contribution is 6.04. The van der Waals surface area contributed by atoms with Gasteiger partial charge < -0.3 is 9.84 Å². The summed E-state index contributed by atoms with van der Waals surface area (Å²) in [5.74, 6) is -0.0485. The van der Waals surface area contributed by atoms with E-state index in [4.69, 9.17) is 4.74 Å². The lowest BCUT2D eigenvalue weighted by atomic mass is 9.94. The van der Waals surface area contributed by atoms with E-state index in [9.17, 15) is 19.5 Å². The van der Waals surface area contributed by atoms with E-state index in [1.165, 1.54) is 26.0 Å². The number of aromatic nitrogens is 2. The number of rotatable bonds is 5. The van der Waals surface area contributed by atoms with Crippen LogP contribution in [0.1, 0.15) is 46.1 Å². The van der Waals surface area contributed by atoms with Crippen molar-refractivity contribution in [2.24, 2.45) is 19.2 Å². The smallest absolute Gasteiger partial charge is 0.333 e. The van der Waals surface area contributed by atoms with Gasteiger partial charge in [-0.15, -0.1) is 0 Å². The van der Waals surface area contributed by atoms with E-state index in [1.54, 1.807) is 7.11 Å². The van der Waals surface area contributed by atoms with Crippen molar-refractivity contribution < 1.29 is 14.6 Å². The highest BCUT2D eigenvalue weighted by Crippen LogP contribution is 2.31. The maximum atomic E-state index is 12.7. The van der Waals surface area contributed by atoms with Gasteiger partial charge in [-0.2, -0.15) is 5.10 Å². The molecule has 1 amide bonds. The second-order valence-electron chi connectivity index (χ2n) is 6.91. The summed E-state index contributed by atoms with van der Waals surface area (Å²) in [6.07, 6.45) is 2.77. The summed E-state index contributed by atoms with van der Waals surface area (Å²) in [4.78, 5) is 36.9. The Labute approximate surface area is 169 Å². The van der Waals surface area contributed by atoms with Gasteiger partial charge in [0.1, 0.15) is 11.3 Å². The van der Waals surface area contributed by atoms with E-state index in [2.05, 4.69) is 5.10 Å². The van der Waals surface area contributed by atoms with Crippen molar-refractivity contribution in [1.82, 2.24) is 14.1 Å². The number of methoxy groups -OCH3 is 1. The lowest BCUT2D eigenvalue weighted by molar-refractivity contribution is -0.129. The first-order valence-corrected chi connectivity index (χ1v) is 9.37. The fourth-order valence-corrected chi connectivity index (χ4v) is 3.64. The Bertz CT molecular complexity index is 1040. The van der Waals surface area contributed by atoms with Crippen molar-refractivity contribution >= 4 is 11.6 Å². The number of aromatic hydroxyl groups is 1. The third-order valence-electron chi connectivity index (χ3n) is 5.26. The number of carbonyl (C=O) groups is 1. The molecule has 0 bridgehead atoms. The third kappa shape index (κ3) is 3.76. The molecule has 0 aliphatic carbocycles. The summed E-state index contributed by atoms with van der Waals surface area (Å²) in [6, 6.07) is -0.427. The molecule has 1 unspecified atom stereocenters. The van der Waals surface area contributed by atoms with Gasteiger partial charge >= 0.3 is 5.69 Å². The predicted molar refractivity (Wildman–Crippen MR) is 110 cm³/mol. The largest absolute Gasteiger partial charge is 0.497 e. The molecule has 9 heteroatoms. The molecule has 1 aromatic heterocycles. The van der Waals surface area contributed by atoms with Gasteiger partial charge in [-0.3, -0.25) is 18.7 Å². The van der Waals surface area contributed by atoms with Gasteiger partial charge in [0, 0.05) is 27.4 Å². The van der Waals surface area contributed by atoms with Crippen LogP contribution in [0, 0.1) is 0 Å². The molecule has 2 rings (SSSR count).